The van der Waals surface area contributed by atoms with Crippen molar-refractivity contribution in [3.05, 3.63) is 52.4 Å². The Kier molecular flexibility index (Phi) is 6.65. The third kappa shape index (κ3) is 5.36. The first kappa shape index (κ1) is 19.1. The van der Waals surface area contributed by atoms with Crippen LogP contribution in [0.25, 0.3) is 0 Å². The van der Waals surface area contributed by atoms with E-state index in [9.17, 15) is 9.59 Å². The van der Waals surface area contributed by atoms with Gasteiger partial charge in [-0.1, -0.05) is 25.4 Å². The number of aryl methyl sites for hydroxylation is 1. The normalized spacial score (nSPS) is 10.8. The quantitative estimate of drug-likeness (QED) is 0.447. The van der Waals surface area contributed by atoms with Gasteiger partial charge in [-0.2, -0.15) is 0 Å². The second kappa shape index (κ2) is 8.72. The number of ether oxygens (including phenoxy) is 1. The smallest absolute Gasteiger partial charge is 0.311 e. The van der Waals surface area contributed by atoms with Gasteiger partial charge in [0.25, 0.3) is 5.91 Å². The maximum absolute atomic E-state index is 12.1. The van der Waals surface area contributed by atoms with Gasteiger partial charge in [0.15, 0.2) is 5.76 Å². The number of hydrogen-bond acceptors (Lipinski definition) is 4. The van der Waals surface area contributed by atoms with Crippen molar-refractivity contribution < 1.29 is 18.7 Å². The van der Waals surface area contributed by atoms with E-state index >= 15 is 0 Å². The van der Waals surface area contributed by atoms with Crippen molar-refractivity contribution in [3.63, 3.8) is 0 Å². The summed E-state index contributed by atoms with van der Waals surface area (Å²) in [6, 6.07) is 6.86. The van der Waals surface area contributed by atoms with E-state index in [1.54, 1.807) is 18.2 Å². The van der Waals surface area contributed by atoms with Crippen LogP contribution in [0, 0.1) is 6.92 Å². The number of nitrogens with one attached hydrogen (secondary N) is 1. The van der Waals surface area contributed by atoms with Gasteiger partial charge in [-0.25, -0.2) is 0 Å². The Morgan fingerprint density at radius 1 is 1.32 bits per heavy atom. The number of carbonyl (C=O) groups excluding carboxylic acids is 2. The topological polar surface area (TPSA) is 68.5 Å². The van der Waals surface area contributed by atoms with E-state index in [4.69, 9.17) is 20.8 Å². The first-order valence-electron chi connectivity index (χ1n) is 8.21. The molecule has 1 aromatic carbocycles. The lowest BCUT2D eigenvalue weighted by molar-refractivity contribution is -0.134. The molecular formula is C19H22ClNO4. The van der Waals surface area contributed by atoms with E-state index in [2.05, 4.69) is 5.32 Å². The molecule has 2 aromatic rings. The molecule has 134 valence electrons. The van der Waals surface area contributed by atoms with Crippen molar-refractivity contribution in [1.82, 2.24) is 5.32 Å². The summed E-state index contributed by atoms with van der Waals surface area (Å²) < 4.78 is 10.5. The minimum absolute atomic E-state index is 0.188. The third-order valence-electron chi connectivity index (χ3n) is 3.73. The molecule has 0 fully saturated rings. The molecule has 1 N–H and O–H groups in total. The van der Waals surface area contributed by atoms with Crippen molar-refractivity contribution in [2.24, 2.45) is 0 Å². The van der Waals surface area contributed by atoms with Crippen LogP contribution >= 0.6 is 11.6 Å². The lowest BCUT2D eigenvalue weighted by atomic mass is 10.0. The van der Waals surface area contributed by atoms with Gasteiger partial charge in [-0.05, 0) is 54.7 Å². The molecule has 0 atom stereocenters. The lowest BCUT2D eigenvalue weighted by Crippen LogP contribution is -2.24. The molecule has 0 bridgehead atoms. The van der Waals surface area contributed by atoms with E-state index in [-0.39, 0.29) is 30.0 Å². The molecule has 0 saturated carbocycles. The number of carbonyl (C=O) groups is 2. The van der Waals surface area contributed by atoms with Crippen LogP contribution < -0.4 is 10.1 Å². The van der Waals surface area contributed by atoms with Crippen LogP contribution in [-0.2, 0) is 4.79 Å². The van der Waals surface area contributed by atoms with Crippen LogP contribution in [-0.4, -0.2) is 18.4 Å². The van der Waals surface area contributed by atoms with E-state index < -0.39 is 0 Å². The number of esters is 1. The molecule has 1 amide bonds. The zero-order valence-electron chi connectivity index (χ0n) is 14.6. The first-order chi connectivity index (χ1) is 11.9. The third-order valence-corrected chi connectivity index (χ3v) is 4.13. The summed E-state index contributed by atoms with van der Waals surface area (Å²) in [7, 11) is 0. The average Bonchev–Trinajstić information content (AvgIpc) is 3.09. The minimum Gasteiger partial charge on any atom is -0.459 e. The molecule has 1 aromatic heterocycles. The van der Waals surface area contributed by atoms with Gasteiger partial charge in [0.05, 0.1) is 6.26 Å². The van der Waals surface area contributed by atoms with Crippen LogP contribution in [0.5, 0.6) is 5.75 Å². The molecule has 0 spiro atoms. The largest absolute Gasteiger partial charge is 0.459 e. The Morgan fingerprint density at radius 3 is 2.72 bits per heavy atom. The van der Waals surface area contributed by atoms with Gasteiger partial charge in [0, 0.05) is 18.0 Å². The molecule has 0 radical (unpaired) electrons. The highest BCUT2D eigenvalue weighted by Gasteiger charge is 2.14. The number of rotatable bonds is 7. The van der Waals surface area contributed by atoms with Crippen molar-refractivity contribution in [1.29, 1.82) is 0 Å². The summed E-state index contributed by atoms with van der Waals surface area (Å²) in [5.41, 5.74) is 1.76. The number of halogens is 1. The van der Waals surface area contributed by atoms with Crippen LogP contribution in [0.4, 0.5) is 0 Å². The van der Waals surface area contributed by atoms with E-state index in [1.165, 1.54) is 6.26 Å². The van der Waals surface area contributed by atoms with Gasteiger partial charge in [0.1, 0.15) is 5.75 Å². The molecule has 0 aliphatic rings. The van der Waals surface area contributed by atoms with Gasteiger partial charge < -0.3 is 14.5 Å². The number of benzene rings is 1. The fourth-order valence-electron chi connectivity index (χ4n) is 2.31. The van der Waals surface area contributed by atoms with Crippen molar-refractivity contribution >= 4 is 23.5 Å². The van der Waals surface area contributed by atoms with E-state index in [0.29, 0.717) is 23.7 Å². The lowest BCUT2D eigenvalue weighted by Gasteiger charge is -2.15. The second-order valence-electron chi connectivity index (χ2n) is 6.10. The highest BCUT2D eigenvalue weighted by atomic mass is 35.5. The maximum atomic E-state index is 12.1. The Labute approximate surface area is 152 Å². The number of amides is 1. The van der Waals surface area contributed by atoms with Crippen LogP contribution in [0.2, 0.25) is 5.02 Å². The van der Waals surface area contributed by atoms with Crippen molar-refractivity contribution in [2.75, 3.05) is 6.54 Å². The highest BCUT2D eigenvalue weighted by molar-refractivity contribution is 6.31. The molecule has 6 heteroatoms. The van der Waals surface area contributed by atoms with Gasteiger partial charge in [0.2, 0.25) is 0 Å². The monoisotopic (exact) mass is 363 g/mol. The Morgan fingerprint density at radius 2 is 2.08 bits per heavy atom. The molecule has 1 heterocycles. The van der Waals surface area contributed by atoms with Crippen LogP contribution in [0.15, 0.2) is 34.9 Å². The summed E-state index contributed by atoms with van der Waals surface area (Å²) in [5.74, 6) is 0.348. The SMILES string of the molecule is Cc1cc(OC(=O)CCCNC(=O)c2ccco2)c(C(C)C)cc1Cl. The predicted octanol–water partition coefficient (Wildman–Crippen LogP) is 4.48. The number of furan rings is 1. The molecule has 5 nitrogen and oxygen atoms in total. The number of hydrogen-bond donors (Lipinski definition) is 1. The van der Waals surface area contributed by atoms with Crippen LogP contribution in [0.1, 0.15) is 54.3 Å². The standard InChI is InChI=1S/C19H22ClNO4/c1-12(2)14-11-15(20)13(3)10-17(14)25-18(22)7-4-8-21-19(23)16-6-5-9-24-16/h5-6,9-12H,4,7-8H2,1-3H3,(H,21,23). The minimum atomic E-state index is -0.337. The summed E-state index contributed by atoms with van der Waals surface area (Å²) in [6.45, 7) is 6.27. The molecule has 25 heavy (non-hydrogen) atoms. The summed E-state index contributed by atoms with van der Waals surface area (Å²) >= 11 is 6.15. The molecule has 0 aliphatic carbocycles. The molecule has 0 unspecified atom stereocenters. The summed E-state index contributed by atoms with van der Waals surface area (Å²) in [5, 5.41) is 3.35. The summed E-state index contributed by atoms with van der Waals surface area (Å²) in [6.07, 6.45) is 2.12. The Bertz CT molecular complexity index is 738. The molecule has 0 aliphatic heterocycles. The van der Waals surface area contributed by atoms with Gasteiger partial charge in [-0.15, -0.1) is 0 Å². The van der Waals surface area contributed by atoms with E-state index in [0.717, 1.165) is 11.1 Å². The zero-order valence-corrected chi connectivity index (χ0v) is 15.4. The Balaban J connectivity index is 1.84. The zero-order chi connectivity index (χ0) is 18.4. The predicted molar refractivity (Wildman–Crippen MR) is 96.2 cm³/mol. The Hall–Kier alpha value is -2.27. The summed E-state index contributed by atoms with van der Waals surface area (Å²) in [4.78, 5) is 23.8. The van der Waals surface area contributed by atoms with Crippen molar-refractivity contribution in [3.8, 4) is 5.75 Å². The maximum Gasteiger partial charge on any atom is 0.311 e. The molecule has 2 rings (SSSR count). The molecular weight excluding hydrogens is 342 g/mol. The first-order valence-corrected chi connectivity index (χ1v) is 8.58. The molecule has 0 saturated heterocycles. The fourth-order valence-corrected chi connectivity index (χ4v) is 2.49. The van der Waals surface area contributed by atoms with Gasteiger partial charge >= 0.3 is 5.97 Å². The van der Waals surface area contributed by atoms with Crippen molar-refractivity contribution in [2.45, 2.75) is 39.5 Å². The fraction of sp³-hybridized carbons (Fsp3) is 0.368. The average molecular weight is 364 g/mol. The highest BCUT2D eigenvalue weighted by Crippen LogP contribution is 2.32. The second-order valence-corrected chi connectivity index (χ2v) is 6.51. The van der Waals surface area contributed by atoms with Crippen LogP contribution in [0.3, 0.4) is 0 Å². The van der Waals surface area contributed by atoms with Gasteiger partial charge in [-0.3, -0.25) is 9.59 Å². The van der Waals surface area contributed by atoms with E-state index in [1.807, 2.05) is 26.8 Å².